The van der Waals surface area contributed by atoms with Crippen LogP contribution in [0.1, 0.15) is 19.8 Å². The van der Waals surface area contributed by atoms with Gasteiger partial charge in [-0.15, -0.1) is 0 Å². The van der Waals surface area contributed by atoms with Crippen molar-refractivity contribution in [2.24, 2.45) is 5.92 Å². The summed E-state index contributed by atoms with van der Waals surface area (Å²) in [7, 11) is 0. The van der Waals surface area contributed by atoms with Crippen LogP contribution in [0.15, 0.2) is 0 Å². The van der Waals surface area contributed by atoms with E-state index >= 15 is 0 Å². The van der Waals surface area contributed by atoms with Crippen LogP contribution in [0.4, 0.5) is 0 Å². The molecule has 0 aromatic heterocycles. The number of amides is 1. The van der Waals surface area contributed by atoms with Gasteiger partial charge >= 0.3 is 5.97 Å². The molecule has 0 spiro atoms. The second kappa shape index (κ2) is 4.18. The smallest absolute Gasteiger partial charge is 0.308 e. The third-order valence-corrected chi connectivity index (χ3v) is 2.87. The van der Waals surface area contributed by atoms with Gasteiger partial charge in [-0.25, -0.2) is 0 Å². The first kappa shape index (κ1) is 10.4. The molecule has 0 radical (unpaired) electrons. The average Bonchev–Trinajstić information content (AvgIpc) is 2.75. The maximum absolute atomic E-state index is 11.7. The van der Waals surface area contributed by atoms with Gasteiger partial charge < -0.3 is 15.4 Å². The molecule has 2 aliphatic heterocycles. The fourth-order valence-electron chi connectivity index (χ4n) is 2.02. The highest BCUT2D eigenvalue weighted by molar-refractivity contribution is 5.83. The Morgan fingerprint density at radius 2 is 2.40 bits per heavy atom. The molecule has 0 aromatic rings. The molecule has 15 heavy (non-hydrogen) atoms. The Hall–Kier alpha value is -1.10. The number of nitrogens with one attached hydrogen (secondary N) is 2. The number of rotatable bonds is 2. The van der Waals surface area contributed by atoms with E-state index in [1.54, 1.807) is 0 Å². The van der Waals surface area contributed by atoms with Crippen molar-refractivity contribution in [3.63, 3.8) is 0 Å². The maximum atomic E-state index is 11.7. The van der Waals surface area contributed by atoms with Gasteiger partial charge in [0, 0.05) is 0 Å². The van der Waals surface area contributed by atoms with E-state index in [0.29, 0.717) is 18.9 Å². The van der Waals surface area contributed by atoms with E-state index in [9.17, 15) is 9.59 Å². The Balaban J connectivity index is 1.79. The summed E-state index contributed by atoms with van der Waals surface area (Å²) in [6.07, 6.45) is 1.17. The second-order valence-corrected chi connectivity index (χ2v) is 4.39. The molecule has 1 unspecified atom stereocenters. The fraction of sp³-hybridized carbons (Fsp3) is 0.800. The number of carbonyl (C=O) groups is 2. The lowest BCUT2D eigenvalue weighted by Gasteiger charge is -2.14. The highest BCUT2D eigenvalue weighted by atomic mass is 16.5. The lowest BCUT2D eigenvalue weighted by molar-refractivity contribution is -0.138. The van der Waals surface area contributed by atoms with E-state index in [4.69, 9.17) is 4.74 Å². The molecule has 1 amide bonds. The van der Waals surface area contributed by atoms with E-state index in [-0.39, 0.29) is 24.0 Å². The van der Waals surface area contributed by atoms with Crippen LogP contribution in [0.25, 0.3) is 0 Å². The normalized spacial score (nSPS) is 35.3. The minimum atomic E-state index is -0.229. The molecule has 0 aliphatic carbocycles. The first-order valence-corrected chi connectivity index (χ1v) is 5.34. The van der Waals surface area contributed by atoms with Crippen LogP contribution in [0, 0.1) is 5.92 Å². The van der Waals surface area contributed by atoms with Crippen molar-refractivity contribution in [2.75, 3.05) is 13.2 Å². The minimum Gasteiger partial charge on any atom is -0.463 e. The molecule has 5 nitrogen and oxygen atoms in total. The number of esters is 1. The van der Waals surface area contributed by atoms with Crippen LogP contribution in [-0.4, -0.2) is 37.1 Å². The van der Waals surface area contributed by atoms with Crippen molar-refractivity contribution < 1.29 is 14.3 Å². The molecule has 2 heterocycles. The second-order valence-electron chi connectivity index (χ2n) is 4.39. The van der Waals surface area contributed by atoms with E-state index in [0.717, 1.165) is 13.0 Å². The Morgan fingerprint density at radius 3 is 2.93 bits per heavy atom. The highest BCUT2D eigenvalue weighted by Gasteiger charge is 2.31. The lowest BCUT2D eigenvalue weighted by Crippen LogP contribution is -2.45. The predicted octanol–water partition coefficient (Wildman–Crippen LogP) is -0.584. The van der Waals surface area contributed by atoms with Crippen LogP contribution < -0.4 is 10.6 Å². The Labute approximate surface area is 88.5 Å². The summed E-state index contributed by atoms with van der Waals surface area (Å²) >= 11 is 0. The molecule has 0 bridgehead atoms. The Kier molecular flexibility index (Phi) is 2.90. The van der Waals surface area contributed by atoms with Crippen molar-refractivity contribution in [3.8, 4) is 0 Å². The quantitative estimate of drug-likeness (QED) is 0.601. The van der Waals surface area contributed by atoms with Gasteiger partial charge in [-0.3, -0.25) is 9.59 Å². The summed E-state index contributed by atoms with van der Waals surface area (Å²) in [5.41, 5.74) is 0. The number of hydrogen-bond donors (Lipinski definition) is 2. The van der Waals surface area contributed by atoms with Gasteiger partial charge in [-0.2, -0.15) is 0 Å². The van der Waals surface area contributed by atoms with Crippen LogP contribution in [-0.2, 0) is 14.3 Å². The summed E-state index contributed by atoms with van der Waals surface area (Å²) in [5, 5.41) is 5.98. The van der Waals surface area contributed by atoms with Crippen LogP contribution in [0.2, 0.25) is 0 Å². The van der Waals surface area contributed by atoms with Gasteiger partial charge in [0.25, 0.3) is 0 Å². The number of ether oxygens (including phenoxy) is 1. The Bertz CT molecular complexity index is 280. The fourth-order valence-corrected chi connectivity index (χ4v) is 2.02. The van der Waals surface area contributed by atoms with Crippen molar-refractivity contribution in [1.82, 2.24) is 10.6 Å². The summed E-state index contributed by atoms with van der Waals surface area (Å²) in [6, 6.07) is -0.238. The topological polar surface area (TPSA) is 67.4 Å². The average molecular weight is 212 g/mol. The van der Waals surface area contributed by atoms with E-state index < -0.39 is 0 Å². The SMILES string of the molecule is CC1CN[C@H](C(=O)N[C@@H]2COC(=O)C2)C1. The molecule has 3 atom stereocenters. The summed E-state index contributed by atoms with van der Waals surface area (Å²) in [4.78, 5) is 22.5. The van der Waals surface area contributed by atoms with Crippen molar-refractivity contribution in [3.05, 3.63) is 0 Å². The van der Waals surface area contributed by atoms with E-state index in [1.165, 1.54) is 0 Å². The van der Waals surface area contributed by atoms with Gasteiger partial charge in [0.05, 0.1) is 18.5 Å². The minimum absolute atomic E-state index is 0.0114. The molecule has 2 N–H and O–H groups in total. The first-order valence-electron chi connectivity index (χ1n) is 5.34. The van der Waals surface area contributed by atoms with Crippen molar-refractivity contribution in [2.45, 2.75) is 31.8 Å². The molecular formula is C10H16N2O3. The molecule has 2 saturated heterocycles. The third-order valence-electron chi connectivity index (χ3n) is 2.87. The molecule has 2 rings (SSSR count). The molecule has 84 valence electrons. The summed E-state index contributed by atoms with van der Waals surface area (Å²) < 4.78 is 4.78. The van der Waals surface area contributed by atoms with Crippen LogP contribution in [0.3, 0.4) is 0 Å². The van der Waals surface area contributed by atoms with Crippen LogP contribution >= 0.6 is 0 Å². The Morgan fingerprint density at radius 1 is 1.60 bits per heavy atom. The number of hydrogen-bond acceptors (Lipinski definition) is 4. The van der Waals surface area contributed by atoms with Crippen molar-refractivity contribution in [1.29, 1.82) is 0 Å². The summed E-state index contributed by atoms with van der Waals surface area (Å²) in [6.45, 7) is 3.31. The number of cyclic esters (lactones) is 1. The van der Waals surface area contributed by atoms with Gasteiger partial charge in [0.15, 0.2) is 0 Å². The molecule has 0 saturated carbocycles. The molecule has 5 heteroatoms. The predicted molar refractivity (Wildman–Crippen MR) is 53.1 cm³/mol. The van der Waals surface area contributed by atoms with Crippen molar-refractivity contribution >= 4 is 11.9 Å². The maximum Gasteiger partial charge on any atom is 0.308 e. The lowest BCUT2D eigenvalue weighted by atomic mass is 10.1. The van der Waals surface area contributed by atoms with Crippen LogP contribution in [0.5, 0.6) is 0 Å². The monoisotopic (exact) mass is 212 g/mol. The zero-order chi connectivity index (χ0) is 10.8. The van der Waals surface area contributed by atoms with Gasteiger partial charge in [-0.1, -0.05) is 6.92 Å². The summed E-state index contributed by atoms with van der Waals surface area (Å²) in [5.74, 6) is 0.304. The highest BCUT2D eigenvalue weighted by Crippen LogP contribution is 2.13. The molecule has 0 aromatic carbocycles. The third kappa shape index (κ3) is 2.47. The first-order chi connectivity index (χ1) is 7.15. The largest absolute Gasteiger partial charge is 0.463 e. The standard InChI is InChI=1S/C10H16N2O3/c1-6-2-8(11-4-6)10(14)12-7-3-9(13)15-5-7/h6-8,11H,2-5H2,1H3,(H,12,14)/t6?,7-,8-/m0/s1. The zero-order valence-electron chi connectivity index (χ0n) is 8.79. The van der Waals surface area contributed by atoms with E-state index in [2.05, 4.69) is 17.6 Å². The van der Waals surface area contributed by atoms with E-state index in [1.807, 2.05) is 0 Å². The molecular weight excluding hydrogens is 196 g/mol. The molecule has 2 fully saturated rings. The molecule has 2 aliphatic rings. The number of carbonyl (C=O) groups excluding carboxylic acids is 2. The zero-order valence-corrected chi connectivity index (χ0v) is 8.79. The van der Waals surface area contributed by atoms with Gasteiger partial charge in [0.2, 0.25) is 5.91 Å². The van der Waals surface area contributed by atoms with Gasteiger partial charge in [0.1, 0.15) is 6.61 Å². The van der Waals surface area contributed by atoms with Gasteiger partial charge in [-0.05, 0) is 18.9 Å².